The predicted molar refractivity (Wildman–Crippen MR) is 53.9 cm³/mol. The molecule has 12 heavy (non-hydrogen) atoms. The molecule has 2 aliphatic rings. The van der Waals surface area contributed by atoms with Gasteiger partial charge in [0.05, 0.1) is 0 Å². The number of nitrogens with one attached hydrogen (secondary N) is 1. The lowest BCUT2D eigenvalue weighted by Crippen LogP contribution is -2.49. The number of thioether (sulfide) groups is 1. The second kappa shape index (κ2) is 3.99. The van der Waals surface area contributed by atoms with Crippen LogP contribution in [0.25, 0.3) is 0 Å². The number of hydrazine groups is 1. The van der Waals surface area contributed by atoms with Crippen LogP contribution < -0.4 is 11.3 Å². The largest absolute Gasteiger partial charge is 0.271 e. The van der Waals surface area contributed by atoms with Crippen molar-refractivity contribution in [1.82, 2.24) is 5.43 Å². The molecule has 2 fully saturated rings. The van der Waals surface area contributed by atoms with E-state index in [1.54, 1.807) is 0 Å². The van der Waals surface area contributed by atoms with Gasteiger partial charge in [0, 0.05) is 11.3 Å². The van der Waals surface area contributed by atoms with Crippen LogP contribution in [0.1, 0.15) is 32.1 Å². The highest BCUT2D eigenvalue weighted by Crippen LogP contribution is 2.38. The predicted octanol–water partition coefficient (Wildman–Crippen LogP) is 1.51. The van der Waals surface area contributed by atoms with E-state index in [1.165, 1.54) is 37.9 Å². The third-order valence-electron chi connectivity index (χ3n) is 3.22. The molecule has 0 aromatic carbocycles. The quantitative estimate of drug-likeness (QED) is 0.518. The van der Waals surface area contributed by atoms with Gasteiger partial charge in [0.2, 0.25) is 0 Å². The highest BCUT2D eigenvalue weighted by Gasteiger charge is 2.34. The first-order valence-electron chi connectivity index (χ1n) is 4.99. The summed E-state index contributed by atoms with van der Waals surface area (Å²) >= 11 is 2.11. The Morgan fingerprint density at radius 3 is 2.50 bits per heavy atom. The van der Waals surface area contributed by atoms with Crippen molar-refractivity contribution < 1.29 is 0 Å². The molecule has 1 saturated carbocycles. The highest BCUT2D eigenvalue weighted by molar-refractivity contribution is 8.00. The average molecular weight is 186 g/mol. The molecule has 0 aromatic rings. The molecule has 0 spiro atoms. The molecule has 0 amide bonds. The molecule has 2 rings (SSSR count). The maximum Gasteiger partial charge on any atom is 0.0357 e. The average Bonchev–Trinajstić information content (AvgIpc) is 2.47. The van der Waals surface area contributed by atoms with Gasteiger partial charge in [-0.1, -0.05) is 6.42 Å². The zero-order valence-corrected chi connectivity index (χ0v) is 8.28. The van der Waals surface area contributed by atoms with Crippen molar-refractivity contribution in [3.8, 4) is 0 Å². The Hall–Kier alpha value is 0.270. The van der Waals surface area contributed by atoms with Crippen LogP contribution in [-0.2, 0) is 0 Å². The van der Waals surface area contributed by atoms with Crippen LogP contribution in [0, 0.1) is 5.92 Å². The normalized spacial score (nSPS) is 33.2. The van der Waals surface area contributed by atoms with E-state index < -0.39 is 0 Å². The van der Waals surface area contributed by atoms with Gasteiger partial charge in [-0.2, -0.15) is 11.8 Å². The van der Waals surface area contributed by atoms with Gasteiger partial charge in [0.25, 0.3) is 0 Å². The summed E-state index contributed by atoms with van der Waals surface area (Å²) in [6.45, 7) is 0. The first kappa shape index (κ1) is 8.85. The fraction of sp³-hybridized carbons (Fsp3) is 1.00. The molecule has 1 heterocycles. The summed E-state index contributed by atoms with van der Waals surface area (Å²) in [6, 6.07) is 0.603. The van der Waals surface area contributed by atoms with Gasteiger partial charge in [0.1, 0.15) is 0 Å². The van der Waals surface area contributed by atoms with Gasteiger partial charge < -0.3 is 0 Å². The smallest absolute Gasteiger partial charge is 0.0357 e. The minimum absolute atomic E-state index is 0.603. The van der Waals surface area contributed by atoms with Gasteiger partial charge in [-0.15, -0.1) is 0 Å². The van der Waals surface area contributed by atoms with Crippen molar-refractivity contribution in [1.29, 1.82) is 0 Å². The highest BCUT2D eigenvalue weighted by atomic mass is 32.2. The van der Waals surface area contributed by atoms with Crippen molar-refractivity contribution in [2.45, 2.75) is 43.4 Å². The molecule has 3 N–H and O–H groups in total. The lowest BCUT2D eigenvalue weighted by atomic mass is 9.78. The summed E-state index contributed by atoms with van der Waals surface area (Å²) in [4.78, 5) is 0. The molecule has 2 unspecified atom stereocenters. The second-order valence-electron chi connectivity index (χ2n) is 3.93. The summed E-state index contributed by atoms with van der Waals surface area (Å²) in [5.41, 5.74) is 3.03. The molecule has 1 aliphatic heterocycles. The Morgan fingerprint density at radius 2 is 2.08 bits per heavy atom. The van der Waals surface area contributed by atoms with Crippen molar-refractivity contribution in [3.63, 3.8) is 0 Å². The zero-order valence-electron chi connectivity index (χ0n) is 7.46. The van der Waals surface area contributed by atoms with Gasteiger partial charge in [0.15, 0.2) is 0 Å². The Kier molecular flexibility index (Phi) is 2.94. The van der Waals surface area contributed by atoms with E-state index in [4.69, 9.17) is 5.84 Å². The Labute approximate surface area is 78.6 Å². The van der Waals surface area contributed by atoms with Gasteiger partial charge in [-0.05, 0) is 37.4 Å². The third-order valence-corrected chi connectivity index (χ3v) is 4.70. The Bertz CT molecular complexity index is 141. The molecule has 0 bridgehead atoms. The minimum Gasteiger partial charge on any atom is -0.271 e. The maximum atomic E-state index is 5.60. The first-order valence-corrected chi connectivity index (χ1v) is 6.04. The summed E-state index contributed by atoms with van der Waals surface area (Å²) in [7, 11) is 0. The standard InChI is InChI=1S/C9H18N2S/c10-11-9(7-3-1-4-7)8-5-2-6-12-8/h7-9,11H,1-6,10H2. The second-order valence-corrected chi connectivity index (χ2v) is 5.28. The monoisotopic (exact) mass is 186 g/mol. The lowest BCUT2D eigenvalue weighted by molar-refractivity contribution is 0.224. The van der Waals surface area contributed by atoms with E-state index in [1.807, 2.05) is 0 Å². The van der Waals surface area contributed by atoms with Gasteiger partial charge in [-0.3, -0.25) is 11.3 Å². The molecule has 2 atom stereocenters. The number of hydrogen-bond donors (Lipinski definition) is 2. The topological polar surface area (TPSA) is 38.0 Å². The van der Waals surface area contributed by atoms with E-state index in [9.17, 15) is 0 Å². The Balaban J connectivity index is 1.87. The fourth-order valence-electron chi connectivity index (χ4n) is 2.23. The van der Waals surface area contributed by atoms with Crippen LogP contribution in [0.2, 0.25) is 0 Å². The van der Waals surface area contributed by atoms with Crippen LogP contribution in [0.5, 0.6) is 0 Å². The molecular weight excluding hydrogens is 168 g/mol. The molecule has 1 aliphatic carbocycles. The van der Waals surface area contributed by atoms with E-state index >= 15 is 0 Å². The maximum absolute atomic E-state index is 5.60. The van der Waals surface area contributed by atoms with E-state index in [0.717, 1.165) is 11.2 Å². The van der Waals surface area contributed by atoms with Gasteiger partial charge >= 0.3 is 0 Å². The van der Waals surface area contributed by atoms with Crippen molar-refractivity contribution >= 4 is 11.8 Å². The molecular formula is C9H18N2S. The van der Waals surface area contributed by atoms with E-state index in [-0.39, 0.29) is 0 Å². The van der Waals surface area contributed by atoms with Gasteiger partial charge in [-0.25, -0.2) is 0 Å². The molecule has 2 nitrogen and oxygen atoms in total. The van der Waals surface area contributed by atoms with E-state index in [0.29, 0.717) is 6.04 Å². The van der Waals surface area contributed by atoms with Crippen LogP contribution >= 0.6 is 11.8 Å². The molecule has 1 saturated heterocycles. The summed E-state index contributed by atoms with van der Waals surface area (Å²) < 4.78 is 0. The summed E-state index contributed by atoms with van der Waals surface area (Å²) in [6.07, 6.45) is 6.97. The van der Waals surface area contributed by atoms with Crippen molar-refractivity contribution in [3.05, 3.63) is 0 Å². The zero-order chi connectivity index (χ0) is 8.39. The minimum atomic E-state index is 0.603. The van der Waals surface area contributed by atoms with Crippen LogP contribution in [0.15, 0.2) is 0 Å². The van der Waals surface area contributed by atoms with Crippen molar-refractivity contribution in [2.24, 2.45) is 11.8 Å². The summed E-state index contributed by atoms with van der Waals surface area (Å²) in [5, 5.41) is 0.806. The third kappa shape index (κ3) is 1.63. The van der Waals surface area contributed by atoms with Crippen LogP contribution in [-0.4, -0.2) is 17.0 Å². The number of hydrogen-bond acceptors (Lipinski definition) is 3. The molecule has 0 radical (unpaired) electrons. The molecule has 3 heteroatoms. The van der Waals surface area contributed by atoms with E-state index in [2.05, 4.69) is 17.2 Å². The SMILES string of the molecule is NNC(C1CCC1)C1CCCS1. The Morgan fingerprint density at radius 1 is 1.25 bits per heavy atom. The fourth-order valence-corrected chi connectivity index (χ4v) is 3.71. The van der Waals surface area contributed by atoms with Crippen LogP contribution in [0.4, 0.5) is 0 Å². The molecule has 70 valence electrons. The van der Waals surface area contributed by atoms with Crippen LogP contribution in [0.3, 0.4) is 0 Å². The first-order chi connectivity index (χ1) is 5.92. The number of nitrogens with two attached hydrogens (primary N) is 1. The lowest BCUT2D eigenvalue weighted by Gasteiger charge is -2.36. The molecule has 0 aromatic heterocycles. The number of rotatable bonds is 3. The van der Waals surface area contributed by atoms with Crippen molar-refractivity contribution in [2.75, 3.05) is 5.75 Å². The summed E-state index contributed by atoms with van der Waals surface area (Å²) in [5.74, 6) is 7.82.